The molecule has 21 heavy (non-hydrogen) atoms. The summed E-state index contributed by atoms with van der Waals surface area (Å²) in [5, 5.41) is 0. The number of thiocarbonyl (C=S) groups is 1. The highest BCUT2D eigenvalue weighted by Gasteiger charge is 2.17. The van der Waals surface area contributed by atoms with E-state index >= 15 is 0 Å². The van der Waals surface area contributed by atoms with Crippen LogP contribution in [0.4, 0.5) is 0 Å². The van der Waals surface area contributed by atoms with E-state index in [0.717, 1.165) is 12.8 Å². The largest absolute Gasteiger partial charge is 0.389 e. The maximum atomic E-state index is 12.4. The fraction of sp³-hybridized carbons (Fsp3) is 0.533. The summed E-state index contributed by atoms with van der Waals surface area (Å²) < 4.78 is 24.8. The Kier molecular flexibility index (Phi) is 6.77. The molecule has 0 saturated heterocycles. The normalized spacial score (nSPS) is 13.3. The molecule has 0 saturated carbocycles. The average molecular weight is 329 g/mol. The Labute approximate surface area is 133 Å². The standard InChI is InChI=1S/C15H24N2O2S2/c1-4-6-12(2)17(3)9-10-21(18,19)14-8-5-7-13(11-14)15(16)20/h5,7-8,11-12H,4,6,9-10H2,1-3H3,(H2,16,20). The van der Waals surface area contributed by atoms with E-state index in [4.69, 9.17) is 18.0 Å². The van der Waals surface area contributed by atoms with E-state index in [-0.39, 0.29) is 15.6 Å². The second kappa shape index (κ2) is 7.87. The smallest absolute Gasteiger partial charge is 0.179 e. The minimum atomic E-state index is -3.32. The molecule has 1 aromatic rings. The van der Waals surface area contributed by atoms with Gasteiger partial charge in [0.2, 0.25) is 0 Å². The molecular formula is C15H24N2O2S2. The fourth-order valence-corrected chi connectivity index (χ4v) is 3.57. The molecule has 6 heteroatoms. The topological polar surface area (TPSA) is 63.4 Å². The van der Waals surface area contributed by atoms with Gasteiger partial charge in [0.1, 0.15) is 4.99 Å². The summed E-state index contributed by atoms with van der Waals surface area (Å²) in [5.74, 6) is 0.0956. The molecule has 0 fully saturated rings. The lowest BCUT2D eigenvalue weighted by Gasteiger charge is -2.24. The summed E-state index contributed by atoms with van der Waals surface area (Å²) in [6, 6.07) is 6.91. The molecular weight excluding hydrogens is 304 g/mol. The first-order chi connectivity index (χ1) is 9.77. The Morgan fingerprint density at radius 1 is 1.43 bits per heavy atom. The molecule has 0 aliphatic carbocycles. The zero-order chi connectivity index (χ0) is 16.0. The van der Waals surface area contributed by atoms with Gasteiger partial charge in [-0.15, -0.1) is 0 Å². The quantitative estimate of drug-likeness (QED) is 0.741. The van der Waals surface area contributed by atoms with Crippen molar-refractivity contribution in [2.45, 2.75) is 37.6 Å². The van der Waals surface area contributed by atoms with Crippen LogP contribution >= 0.6 is 12.2 Å². The average Bonchev–Trinajstić information content (AvgIpc) is 2.45. The van der Waals surface area contributed by atoms with Crippen molar-refractivity contribution in [1.82, 2.24) is 4.90 Å². The van der Waals surface area contributed by atoms with E-state index in [1.807, 2.05) is 7.05 Å². The highest BCUT2D eigenvalue weighted by Crippen LogP contribution is 2.14. The Morgan fingerprint density at radius 3 is 2.67 bits per heavy atom. The minimum absolute atomic E-state index is 0.0956. The molecule has 0 aliphatic rings. The highest BCUT2D eigenvalue weighted by molar-refractivity contribution is 7.91. The van der Waals surface area contributed by atoms with Gasteiger partial charge in [-0.25, -0.2) is 8.42 Å². The molecule has 0 heterocycles. The fourth-order valence-electron chi connectivity index (χ4n) is 2.08. The lowest BCUT2D eigenvalue weighted by atomic mass is 10.2. The molecule has 0 radical (unpaired) electrons. The van der Waals surface area contributed by atoms with Crippen molar-refractivity contribution >= 4 is 27.0 Å². The molecule has 0 spiro atoms. The number of sulfone groups is 1. The number of nitrogens with zero attached hydrogens (tertiary/aromatic N) is 1. The van der Waals surface area contributed by atoms with E-state index < -0.39 is 9.84 Å². The van der Waals surface area contributed by atoms with Gasteiger partial charge in [-0.05, 0) is 32.5 Å². The molecule has 0 aliphatic heterocycles. The van der Waals surface area contributed by atoms with Crippen molar-refractivity contribution in [2.24, 2.45) is 5.73 Å². The second-order valence-electron chi connectivity index (χ2n) is 5.33. The molecule has 4 nitrogen and oxygen atoms in total. The first-order valence-electron chi connectivity index (χ1n) is 7.10. The van der Waals surface area contributed by atoms with E-state index in [9.17, 15) is 8.42 Å². The van der Waals surface area contributed by atoms with Crippen molar-refractivity contribution in [2.75, 3.05) is 19.3 Å². The van der Waals surface area contributed by atoms with E-state index in [1.54, 1.807) is 24.3 Å². The van der Waals surface area contributed by atoms with E-state index in [0.29, 0.717) is 18.2 Å². The SMILES string of the molecule is CCCC(C)N(C)CCS(=O)(=O)c1cccc(C(N)=S)c1. The van der Waals surface area contributed by atoms with Crippen LogP contribution in [-0.2, 0) is 9.84 Å². The Morgan fingerprint density at radius 2 is 2.10 bits per heavy atom. The first-order valence-corrected chi connectivity index (χ1v) is 9.17. The van der Waals surface area contributed by atoms with Crippen LogP contribution in [0.5, 0.6) is 0 Å². The van der Waals surface area contributed by atoms with Crippen molar-refractivity contribution in [1.29, 1.82) is 0 Å². The van der Waals surface area contributed by atoms with Crippen molar-refractivity contribution in [3.8, 4) is 0 Å². The zero-order valence-corrected chi connectivity index (χ0v) is 14.5. The predicted octanol–water partition coefficient (Wildman–Crippen LogP) is 2.21. The molecule has 1 unspecified atom stereocenters. The third-order valence-corrected chi connectivity index (χ3v) is 5.58. The minimum Gasteiger partial charge on any atom is -0.389 e. The molecule has 0 bridgehead atoms. The molecule has 0 amide bonds. The van der Waals surface area contributed by atoms with Gasteiger partial charge in [0, 0.05) is 18.2 Å². The Balaban J connectivity index is 2.78. The van der Waals surface area contributed by atoms with Crippen LogP contribution in [0.2, 0.25) is 0 Å². The van der Waals surface area contributed by atoms with Crippen molar-refractivity contribution < 1.29 is 8.42 Å². The number of rotatable bonds is 8. The molecule has 1 rings (SSSR count). The van der Waals surface area contributed by atoms with Gasteiger partial charge in [0.25, 0.3) is 0 Å². The predicted molar refractivity (Wildman–Crippen MR) is 91.4 cm³/mol. The second-order valence-corrected chi connectivity index (χ2v) is 7.88. The maximum absolute atomic E-state index is 12.4. The van der Waals surface area contributed by atoms with Crippen LogP contribution in [0.1, 0.15) is 32.3 Å². The molecule has 1 atom stereocenters. The molecule has 1 aromatic carbocycles. The number of hydrogen-bond acceptors (Lipinski definition) is 4. The lowest BCUT2D eigenvalue weighted by molar-refractivity contribution is 0.258. The summed E-state index contributed by atoms with van der Waals surface area (Å²) in [5.41, 5.74) is 6.13. The Hall–Kier alpha value is -0.980. The Bertz CT molecular complexity index is 585. The van der Waals surface area contributed by atoms with Gasteiger partial charge in [-0.2, -0.15) is 0 Å². The summed E-state index contributed by atoms with van der Waals surface area (Å²) in [4.78, 5) is 2.57. The first kappa shape index (κ1) is 18.1. The van der Waals surface area contributed by atoms with Gasteiger partial charge in [0.15, 0.2) is 9.84 Å². The van der Waals surface area contributed by atoms with Crippen LogP contribution in [-0.4, -0.2) is 43.7 Å². The number of benzene rings is 1. The monoisotopic (exact) mass is 328 g/mol. The molecule has 0 aromatic heterocycles. The van der Waals surface area contributed by atoms with Gasteiger partial charge in [-0.1, -0.05) is 37.7 Å². The maximum Gasteiger partial charge on any atom is 0.179 e. The van der Waals surface area contributed by atoms with Crippen molar-refractivity contribution in [3.63, 3.8) is 0 Å². The highest BCUT2D eigenvalue weighted by atomic mass is 32.2. The van der Waals surface area contributed by atoms with E-state index in [2.05, 4.69) is 18.7 Å². The third-order valence-electron chi connectivity index (χ3n) is 3.65. The molecule has 2 N–H and O–H groups in total. The lowest BCUT2D eigenvalue weighted by Crippen LogP contribution is -2.33. The number of nitrogens with two attached hydrogens (primary N) is 1. The summed E-state index contributed by atoms with van der Waals surface area (Å²) in [7, 11) is -1.36. The van der Waals surface area contributed by atoms with Crippen LogP contribution in [0.3, 0.4) is 0 Å². The summed E-state index contributed by atoms with van der Waals surface area (Å²) in [6.07, 6.45) is 2.15. The molecule has 118 valence electrons. The van der Waals surface area contributed by atoms with Crippen LogP contribution in [0.25, 0.3) is 0 Å². The summed E-state index contributed by atoms with van der Waals surface area (Å²) >= 11 is 4.89. The third kappa shape index (κ3) is 5.37. The van der Waals surface area contributed by atoms with Gasteiger partial charge in [0.05, 0.1) is 10.6 Å². The van der Waals surface area contributed by atoms with Gasteiger partial charge in [-0.3, -0.25) is 0 Å². The van der Waals surface area contributed by atoms with Crippen LogP contribution in [0, 0.1) is 0 Å². The zero-order valence-electron chi connectivity index (χ0n) is 12.9. The van der Waals surface area contributed by atoms with Crippen LogP contribution in [0.15, 0.2) is 29.2 Å². The van der Waals surface area contributed by atoms with Crippen LogP contribution < -0.4 is 5.73 Å². The van der Waals surface area contributed by atoms with Gasteiger partial charge < -0.3 is 10.6 Å². The summed E-state index contributed by atoms with van der Waals surface area (Å²) in [6.45, 7) is 4.76. The number of hydrogen-bond donors (Lipinski definition) is 1. The van der Waals surface area contributed by atoms with Crippen molar-refractivity contribution in [3.05, 3.63) is 29.8 Å². The van der Waals surface area contributed by atoms with E-state index in [1.165, 1.54) is 0 Å². The van der Waals surface area contributed by atoms with Gasteiger partial charge >= 0.3 is 0 Å².